The number of aromatic carboxylic acids is 1. The molecule has 4 aromatic rings. The number of hydrogen-bond donors (Lipinski definition) is 1. The van der Waals surface area contributed by atoms with Crippen molar-refractivity contribution in [3.05, 3.63) is 77.4 Å². The zero-order valence-electron chi connectivity index (χ0n) is 20.9. The predicted molar refractivity (Wildman–Crippen MR) is 142 cm³/mol. The summed E-state index contributed by atoms with van der Waals surface area (Å²) in [6.07, 6.45) is 3.74. The second kappa shape index (κ2) is 10.1. The molecule has 0 bridgehead atoms. The summed E-state index contributed by atoms with van der Waals surface area (Å²) in [6.45, 7) is 2.23. The molecule has 6 heteroatoms. The first kappa shape index (κ1) is 23.9. The average molecular weight is 486 g/mol. The van der Waals surface area contributed by atoms with Gasteiger partial charge in [-0.2, -0.15) is 0 Å². The highest BCUT2D eigenvalue weighted by Crippen LogP contribution is 2.44. The molecule has 0 saturated carbocycles. The van der Waals surface area contributed by atoms with E-state index in [9.17, 15) is 4.79 Å². The standard InChI is InChI=1S/C23H25NO3.C7H6O2/c1-25-15-6-7-16-17-9-14-5-4-8-24(14)13-21(17)20-12-23(27-3)22(26-2)11-19(20)18(16)10-15;8-7(9)6-4-2-1-3-5-6/h6-7,10-12,14H,4-5,8-9,13H2,1-3H3;1-5H,(H,8,9)/t14-;/m0./s1. The van der Waals surface area contributed by atoms with Crippen molar-refractivity contribution < 1.29 is 24.1 Å². The monoisotopic (exact) mass is 485 g/mol. The summed E-state index contributed by atoms with van der Waals surface area (Å²) >= 11 is 0. The summed E-state index contributed by atoms with van der Waals surface area (Å²) in [5, 5.41) is 13.4. The maximum atomic E-state index is 10.2. The average Bonchev–Trinajstić information content (AvgIpc) is 3.39. The van der Waals surface area contributed by atoms with Crippen LogP contribution in [0.5, 0.6) is 17.2 Å². The van der Waals surface area contributed by atoms with Crippen LogP contribution in [0.25, 0.3) is 21.5 Å². The minimum absolute atomic E-state index is 0.331. The highest BCUT2D eigenvalue weighted by Gasteiger charge is 2.32. The molecule has 2 aliphatic rings. The lowest BCUT2D eigenvalue weighted by atomic mass is 9.85. The topological polar surface area (TPSA) is 68.2 Å². The van der Waals surface area contributed by atoms with Gasteiger partial charge in [0, 0.05) is 12.6 Å². The van der Waals surface area contributed by atoms with Gasteiger partial charge in [-0.15, -0.1) is 0 Å². The van der Waals surface area contributed by atoms with E-state index in [4.69, 9.17) is 19.3 Å². The molecule has 6 rings (SSSR count). The van der Waals surface area contributed by atoms with Crippen molar-refractivity contribution in [2.24, 2.45) is 0 Å². The molecule has 4 aromatic carbocycles. The van der Waals surface area contributed by atoms with Crippen LogP contribution in [-0.2, 0) is 13.0 Å². The van der Waals surface area contributed by atoms with Gasteiger partial charge in [-0.3, -0.25) is 4.90 Å². The van der Waals surface area contributed by atoms with E-state index in [1.807, 2.05) is 0 Å². The lowest BCUT2D eigenvalue weighted by Crippen LogP contribution is -2.35. The van der Waals surface area contributed by atoms with Crippen molar-refractivity contribution >= 4 is 27.5 Å². The van der Waals surface area contributed by atoms with Crippen molar-refractivity contribution in [1.82, 2.24) is 4.90 Å². The molecule has 186 valence electrons. The molecule has 2 aliphatic heterocycles. The van der Waals surface area contributed by atoms with Crippen LogP contribution in [0.15, 0.2) is 60.7 Å². The number of methoxy groups -OCH3 is 3. The van der Waals surface area contributed by atoms with Crippen LogP contribution in [0.4, 0.5) is 0 Å². The van der Waals surface area contributed by atoms with Crippen molar-refractivity contribution in [2.75, 3.05) is 27.9 Å². The van der Waals surface area contributed by atoms with Gasteiger partial charge in [0.15, 0.2) is 11.5 Å². The summed E-state index contributed by atoms with van der Waals surface area (Å²) in [5.74, 6) is 1.56. The van der Waals surface area contributed by atoms with Gasteiger partial charge in [0.1, 0.15) is 5.75 Å². The van der Waals surface area contributed by atoms with Crippen LogP contribution >= 0.6 is 0 Å². The second-order valence-corrected chi connectivity index (χ2v) is 9.26. The Morgan fingerprint density at radius 3 is 2.17 bits per heavy atom. The highest BCUT2D eigenvalue weighted by atomic mass is 16.5. The number of fused-ring (bicyclic) bond motifs is 7. The Morgan fingerprint density at radius 1 is 0.833 bits per heavy atom. The first-order valence-electron chi connectivity index (χ1n) is 12.2. The number of carbonyl (C=O) groups is 1. The summed E-state index contributed by atoms with van der Waals surface area (Å²) in [4.78, 5) is 12.8. The third-order valence-electron chi connectivity index (χ3n) is 7.38. The quantitative estimate of drug-likeness (QED) is 0.362. The SMILES string of the molecule is COc1ccc2c3c(c4cc(OC)c(OC)cc4c2c1)CN1CCC[C@H]1C3.O=C(O)c1ccccc1. The first-order chi connectivity index (χ1) is 17.5. The summed E-state index contributed by atoms with van der Waals surface area (Å²) in [5.41, 5.74) is 3.27. The lowest BCUT2D eigenvalue weighted by Gasteiger charge is -2.33. The van der Waals surface area contributed by atoms with Crippen molar-refractivity contribution in [3.63, 3.8) is 0 Å². The molecule has 1 saturated heterocycles. The summed E-state index contributed by atoms with van der Waals surface area (Å²) < 4.78 is 16.7. The van der Waals surface area contributed by atoms with E-state index in [2.05, 4.69) is 35.2 Å². The number of ether oxygens (including phenoxy) is 3. The molecule has 6 nitrogen and oxygen atoms in total. The van der Waals surface area contributed by atoms with Gasteiger partial charge in [-0.05, 0) is 94.9 Å². The van der Waals surface area contributed by atoms with E-state index in [1.165, 1.54) is 52.1 Å². The third-order valence-corrected chi connectivity index (χ3v) is 7.38. The van der Waals surface area contributed by atoms with Gasteiger partial charge >= 0.3 is 5.97 Å². The Hall–Kier alpha value is -3.77. The molecule has 1 fully saturated rings. The van der Waals surface area contributed by atoms with Crippen LogP contribution in [0.3, 0.4) is 0 Å². The maximum Gasteiger partial charge on any atom is 0.335 e. The lowest BCUT2D eigenvalue weighted by molar-refractivity contribution is 0.0697. The van der Waals surface area contributed by atoms with Crippen LogP contribution in [-0.4, -0.2) is 49.9 Å². The minimum atomic E-state index is -0.879. The Balaban J connectivity index is 0.000000252. The van der Waals surface area contributed by atoms with E-state index in [-0.39, 0.29) is 0 Å². The van der Waals surface area contributed by atoms with Gasteiger partial charge in [-0.25, -0.2) is 4.79 Å². The molecule has 0 aliphatic carbocycles. The largest absolute Gasteiger partial charge is 0.497 e. The van der Waals surface area contributed by atoms with Gasteiger partial charge in [-0.1, -0.05) is 24.3 Å². The molecule has 0 aromatic heterocycles. The number of carboxylic acids is 1. The zero-order chi connectivity index (χ0) is 25.2. The van der Waals surface area contributed by atoms with E-state index in [0.717, 1.165) is 30.2 Å². The fourth-order valence-corrected chi connectivity index (χ4v) is 5.58. The normalized spacial score (nSPS) is 16.6. The van der Waals surface area contributed by atoms with E-state index in [0.29, 0.717) is 11.6 Å². The van der Waals surface area contributed by atoms with Gasteiger partial charge < -0.3 is 19.3 Å². The molecule has 0 unspecified atom stereocenters. The second-order valence-electron chi connectivity index (χ2n) is 9.26. The zero-order valence-corrected chi connectivity index (χ0v) is 20.9. The van der Waals surface area contributed by atoms with Crippen LogP contribution in [0, 0.1) is 0 Å². The molecule has 36 heavy (non-hydrogen) atoms. The van der Waals surface area contributed by atoms with Crippen LogP contribution in [0.1, 0.15) is 34.3 Å². The number of hydrogen-bond acceptors (Lipinski definition) is 5. The fraction of sp³-hybridized carbons (Fsp3) is 0.300. The van der Waals surface area contributed by atoms with Gasteiger partial charge in [0.2, 0.25) is 0 Å². The first-order valence-corrected chi connectivity index (χ1v) is 12.2. The van der Waals surface area contributed by atoms with E-state index in [1.54, 1.807) is 51.7 Å². The molecule has 0 spiro atoms. The predicted octanol–water partition coefficient (Wildman–Crippen LogP) is 5.92. The van der Waals surface area contributed by atoms with Crippen molar-refractivity contribution in [1.29, 1.82) is 0 Å². The molecule has 0 radical (unpaired) electrons. The fourth-order valence-electron chi connectivity index (χ4n) is 5.58. The number of benzene rings is 4. The molecule has 1 atom stereocenters. The van der Waals surface area contributed by atoms with Gasteiger partial charge in [0.05, 0.1) is 26.9 Å². The van der Waals surface area contributed by atoms with Crippen molar-refractivity contribution in [2.45, 2.75) is 31.8 Å². The van der Waals surface area contributed by atoms with E-state index < -0.39 is 5.97 Å². The molecule has 0 amide bonds. The molecular formula is C30H31NO5. The van der Waals surface area contributed by atoms with Crippen LogP contribution < -0.4 is 14.2 Å². The molecular weight excluding hydrogens is 454 g/mol. The van der Waals surface area contributed by atoms with E-state index >= 15 is 0 Å². The Morgan fingerprint density at radius 2 is 1.53 bits per heavy atom. The number of nitrogens with zero attached hydrogens (tertiary/aromatic N) is 1. The minimum Gasteiger partial charge on any atom is -0.497 e. The number of rotatable bonds is 4. The maximum absolute atomic E-state index is 10.2. The highest BCUT2D eigenvalue weighted by molar-refractivity contribution is 6.12. The number of carboxylic acid groups (broad SMARTS) is 1. The smallest absolute Gasteiger partial charge is 0.335 e. The van der Waals surface area contributed by atoms with Crippen LogP contribution in [0.2, 0.25) is 0 Å². The Bertz CT molecular complexity index is 1420. The molecule has 2 heterocycles. The molecule has 1 N–H and O–H groups in total. The van der Waals surface area contributed by atoms with Crippen molar-refractivity contribution in [3.8, 4) is 17.2 Å². The summed E-state index contributed by atoms with van der Waals surface area (Å²) in [6, 6.07) is 19.7. The third kappa shape index (κ3) is 4.33. The Labute approximate surface area is 211 Å². The Kier molecular flexibility index (Phi) is 6.70. The summed E-state index contributed by atoms with van der Waals surface area (Å²) in [7, 11) is 5.12. The van der Waals surface area contributed by atoms with Gasteiger partial charge in [0.25, 0.3) is 0 Å².